The lowest BCUT2D eigenvalue weighted by molar-refractivity contribution is -0.114. The van der Waals surface area contributed by atoms with Crippen LogP contribution in [0.25, 0.3) is 0 Å². The molecule has 0 aliphatic rings. The van der Waals surface area contributed by atoms with Gasteiger partial charge in [0.25, 0.3) is 0 Å². The zero-order valence-corrected chi connectivity index (χ0v) is 17.5. The molecule has 0 bridgehead atoms. The number of carbonyl (C=O) groups excluding carboxylic acids is 1. The SMILES string of the molecule is CC(=O)Nc1cc(Nc2cc(C)nc(C(C)(F)F)n2)c(OCc2cccnc2C)cn1. The molecule has 3 aromatic rings. The van der Waals surface area contributed by atoms with Crippen molar-refractivity contribution in [3.8, 4) is 5.75 Å². The van der Waals surface area contributed by atoms with Gasteiger partial charge < -0.3 is 15.4 Å². The molecule has 3 heterocycles. The summed E-state index contributed by atoms with van der Waals surface area (Å²) >= 11 is 0. The maximum absolute atomic E-state index is 13.7. The molecule has 0 aliphatic heterocycles. The van der Waals surface area contributed by atoms with Crippen molar-refractivity contribution < 1.29 is 18.3 Å². The molecule has 0 atom stereocenters. The van der Waals surface area contributed by atoms with Crippen LogP contribution in [0.1, 0.15) is 36.6 Å². The summed E-state index contributed by atoms with van der Waals surface area (Å²) in [7, 11) is 0. The van der Waals surface area contributed by atoms with Gasteiger partial charge in [0.1, 0.15) is 18.2 Å². The van der Waals surface area contributed by atoms with Gasteiger partial charge in [-0.3, -0.25) is 9.78 Å². The summed E-state index contributed by atoms with van der Waals surface area (Å²) in [5, 5.41) is 5.55. The number of pyridine rings is 2. The first-order chi connectivity index (χ1) is 14.6. The quantitative estimate of drug-likeness (QED) is 0.579. The molecular formula is C21H22F2N6O2. The van der Waals surface area contributed by atoms with E-state index in [2.05, 4.69) is 30.6 Å². The molecule has 0 unspecified atom stereocenters. The van der Waals surface area contributed by atoms with Crippen molar-refractivity contribution in [2.75, 3.05) is 10.6 Å². The summed E-state index contributed by atoms with van der Waals surface area (Å²) in [6.07, 6.45) is 3.12. The third-order valence-corrected chi connectivity index (χ3v) is 4.18. The van der Waals surface area contributed by atoms with Crippen LogP contribution in [-0.2, 0) is 17.3 Å². The largest absolute Gasteiger partial charge is 0.485 e. The second-order valence-electron chi connectivity index (χ2n) is 7.02. The van der Waals surface area contributed by atoms with Crippen molar-refractivity contribution >= 4 is 23.2 Å². The van der Waals surface area contributed by atoms with Crippen LogP contribution < -0.4 is 15.4 Å². The molecule has 0 fully saturated rings. The Hall–Kier alpha value is -3.69. The number of nitrogens with one attached hydrogen (secondary N) is 2. The number of aromatic nitrogens is 4. The smallest absolute Gasteiger partial charge is 0.303 e. The molecule has 1 amide bonds. The number of halogens is 2. The number of hydrogen-bond acceptors (Lipinski definition) is 7. The molecule has 2 N–H and O–H groups in total. The van der Waals surface area contributed by atoms with Gasteiger partial charge in [-0.05, 0) is 19.9 Å². The van der Waals surface area contributed by atoms with Crippen LogP contribution in [0.5, 0.6) is 5.75 Å². The predicted molar refractivity (Wildman–Crippen MR) is 111 cm³/mol. The molecule has 0 spiro atoms. The van der Waals surface area contributed by atoms with Crippen LogP contribution in [0.2, 0.25) is 0 Å². The molecule has 8 nitrogen and oxygen atoms in total. The normalized spacial score (nSPS) is 11.2. The van der Waals surface area contributed by atoms with E-state index in [1.807, 2.05) is 13.0 Å². The highest BCUT2D eigenvalue weighted by molar-refractivity contribution is 5.88. The van der Waals surface area contributed by atoms with Crippen molar-refractivity contribution in [1.29, 1.82) is 0 Å². The summed E-state index contributed by atoms with van der Waals surface area (Å²) in [4.78, 5) is 27.5. The number of ether oxygens (including phenoxy) is 1. The van der Waals surface area contributed by atoms with E-state index >= 15 is 0 Å². The van der Waals surface area contributed by atoms with Gasteiger partial charge in [-0.25, -0.2) is 15.0 Å². The van der Waals surface area contributed by atoms with Gasteiger partial charge >= 0.3 is 5.92 Å². The molecule has 0 aliphatic carbocycles. The highest BCUT2D eigenvalue weighted by Gasteiger charge is 2.29. The second kappa shape index (κ2) is 8.99. The monoisotopic (exact) mass is 428 g/mol. The zero-order chi connectivity index (χ0) is 22.6. The number of amides is 1. The van der Waals surface area contributed by atoms with Crippen molar-refractivity contribution in [1.82, 2.24) is 19.9 Å². The molecule has 3 rings (SSSR count). The number of rotatable bonds is 7. The van der Waals surface area contributed by atoms with Gasteiger partial charge in [0.15, 0.2) is 5.75 Å². The summed E-state index contributed by atoms with van der Waals surface area (Å²) in [5.41, 5.74) is 2.47. The Morgan fingerprint density at radius 1 is 1.16 bits per heavy atom. The van der Waals surface area contributed by atoms with Gasteiger partial charge in [-0.1, -0.05) is 6.07 Å². The van der Waals surface area contributed by atoms with Crippen LogP contribution in [-0.4, -0.2) is 25.8 Å². The van der Waals surface area contributed by atoms with E-state index in [1.165, 1.54) is 25.3 Å². The van der Waals surface area contributed by atoms with Gasteiger partial charge in [0, 0.05) is 49.1 Å². The number of anilines is 3. The maximum Gasteiger partial charge on any atom is 0.303 e. The fourth-order valence-corrected chi connectivity index (χ4v) is 2.70. The van der Waals surface area contributed by atoms with Crippen LogP contribution in [0, 0.1) is 13.8 Å². The van der Waals surface area contributed by atoms with Crippen LogP contribution >= 0.6 is 0 Å². The number of alkyl halides is 2. The minimum Gasteiger partial charge on any atom is -0.485 e. The minimum absolute atomic E-state index is 0.159. The van der Waals surface area contributed by atoms with Crippen molar-refractivity contribution in [2.24, 2.45) is 0 Å². The van der Waals surface area contributed by atoms with Crippen molar-refractivity contribution in [3.63, 3.8) is 0 Å². The van der Waals surface area contributed by atoms with Crippen LogP contribution in [0.4, 0.5) is 26.1 Å². The Morgan fingerprint density at radius 2 is 1.94 bits per heavy atom. The maximum atomic E-state index is 13.7. The third-order valence-electron chi connectivity index (χ3n) is 4.18. The number of hydrogen-bond donors (Lipinski definition) is 2. The average Bonchev–Trinajstić information content (AvgIpc) is 2.67. The number of nitrogens with zero attached hydrogens (tertiary/aromatic N) is 4. The Labute approximate surface area is 178 Å². The zero-order valence-electron chi connectivity index (χ0n) is 17.5. The highest BCUT2D eigenvalue weighted by atomic mass is 19.3. The standard InChI is InChI=1S/C21H22F2N6O2/c1-12-8-19(29-20(26-12)21(4,22)23)28-16-9-18(27-14(3)30)25-10-17(16)31-11-15-6-5-7-24-13(15)2/h5-10H,11H2,1-4H3,(H2,25,26,27,28,29,30). The minimum atomic E-state index is -3.20. The summed E-state index contributed by atoms with van der Waals surface area (Å²) in [6, 6.07) is 6.76. The number of carbonyl (C=O) groups is 1. The van der Waals surface area contributed by atoms with Crippen LogP contribution in [0.3, 0.4) is 0 Å². The fourth-order valence-electron chi connectivity index (χ4n) is 2.70. The molecule has 31 heavy (non-hydrogen) atoms. The topological polar surface area (TPSA) is 102 Å². The van der Waals surface area contributed by atoms with E-state index in [1.54, 1.807) is 19.2 Å². The van der Waals surface area contributed by atoms with E-state index in [-0.39, 0.29) is 24.1 Å². The second-order valence-corrected chi connectivity index (χ2v) is 7.02. The molecule has 0 saturated carbocycles. The Bertz CT molecular complexity index is 1100. The first kappa shape index (κ1) is 22.0. The lowest BCUT2D eigenvalue weighted by Crippen LogP contribution is -2.14. The Kier molecular flexibility index (Phi) is 6.38. The average molecular weight is 428 g/mol. The van der Waals surface area contributed by atoms with Crippen LogP contribution in [0.15, 0.2) is 36.7 Å². The van der Waals surface area contributed by atoms with E-state index in [0.717, 1.165) is 18.2 Å². The van der Waals surface area contributed by atoms with E-state index < -0.39 is 11.7 Å². The first-order valence-electron chi connectivity index (χ1n) is 9.44. The highest BCUT2D eigenvalue weighted by Crippen LogP contribution is 2.31. The molecule has 0 aromatic carbocycles. The molecule has 10 heteroatoms. The van der Waals surface area contributed by atoms with Gasteiger partial charge in [0.05, 0.1) is 11.9 Å². The summed E-state index contributed by atoms with van der Waals surface area (Å²) in [5.74, 6) is -3.32. The Balaban J connectivity index is 1.93. The first-order valence-corrected chi connectivity index (χ1v) is 9.44. The van der Waals surface area contributed by atoms with Gasteiger partial charge in [0.2, 0.25) is 11.7 Å². The fraction of sp³-hybridized carbons (Fsp3) is 0.286. The Morgan fingerprint density at radius 3 is 2.61 bits per heavy atom. The van der Waals surface area contributed by atoms with E-state index in [0.29, 0.717) is 17.1 Å². The van der Waals surface area contributed by atoms with Gasteiger partial charge in [-0.2, -0.15) is 8.78 Å². The number of aryl methyl sites for hydroxylation is 2. The lowest BCUT2D eigenvalue weighted by Gasteiger charge is -2.16. The predicted octanol–water partition coefficient (Wildman–Crippen LogP) is 4.28. The molecule has 0 saturated heterocycles. The van der Waals surface area contributed by atoms with E-state index in [4.69, 9.17) is 4.74 Å². The summed E-state index contributed by atoms with van der Waals surface area (Å²) < 4.78 is 33.4. The third kappa shape index (κ3) is 5.91. The van der Waals surface area contributed by atoms with E-state index in [9.17, 15) is 13.6 Å². The summed E-state index contributed by atoms with van der Waals surface area (Å²) in [6.45, 7) is 5.77. The molecule has 162 valence electrons. The van der Waals surface area contributed by atoms with Crippen molar-refractivity contribution in [2.45, 2.75) is 40.2 Å². The lowest BCUT2D eigenvalue weighted by atomic mass is 10.2. The van der Waals surface area contributed by atoms with Crippen molar-refractivity contribution in [3.05, 3.63) is 59.4 Å². The van der Waals surface area contributed by atoms with Gasteiger partial charge in [-0.15, -0.1) is 0 Å². The molecule has 3 aromatic heterocycles. The molecular weight excluding hydrogens is 406 g/mol. The molecule has 0 radical (unpaired) electrons.